The van der Waals surface area contributed by atoms with Gasteiger partial charge in [0.05, 0.1) is 12.2 Å². The summed E-state index contributed by atoms with van der Waals surface area (Å²) in [5.41, 5.74) is 2.41. The number of aromatic nitrogens is 2. The van der Waals surface area contributed by atoms with Gasteiger partial charge in [-0.1, -0.05) is 0 Å². The van der Waals surface area contributed by atoms with Gasteiger partial charge in [0.25, 0.3) is 0 Å². The summed E-state index contributed by atoms with van der Waals surface area (Å²) in [6.45, 7) is 10.9. The first kappa shape index (κ1) is 16.8. The van der Waals surface area contributed by atoms with E-state index in [1.807, 2.05) is 17.7 Å². The highest BCUT2D eigenvalue weighted by atomic mass is 16.3. The summed E-state index contributed by atoms with van der Waals surface area (Å²) in [6.07, 6.45) is 2.16. The Morgan fingerprint density at radius 2 is 1.91 bits per heavy atom. The number of furan rings is 1. The van der Waals surface area contributed by atoms with Crippen molar-refractivity contribution in [2.45, 2.75) is 40.4 Å². The molecule has 0 amide bonds. The van der Waals surface area contributed by atoms with Crippen molar-refractivity contribution in [2.75, 3.05) is 27.2 Å². The Bertz CT molecular complexity index is 585. The highest BCUT2D eigenvalue weighted by molar-refractivity contribution is 5.15. The molecule has 5 heteroatoms. The molecular formula is C17H28N4O. The molecular weight excluding hydrogens is 276 g/mol. The van der Waals surface area contributed by atoms with Crippen LogP contribution in [0.5, 0.6) is 0 Å². The van der Waals surface area contributed by atoms with Crippen molar-refractivity contribution in [3.05, 3.63) is 41.1 Å². The lowest BCUT2D eigenvalue weighted by atomic mass is 10.2. The van der Waals surface area contributed by atoms with Gasteiger partial charge in [-0.2, -0.15) is 5.10 Å². The quantitative estimate of drug-likeness (QED) is 0.751. The van der Waals surface area contributed by atoms with E-state index in [4.69, 9.17) is 4.42 Å². The van der Waals surface area contributed by atoms with E-state index < -0.39 is 0 Å². The predicted molar refractivity (Wildman–Crippen MR) is 88.8 cm³/mol. The van der Waals surface area contributed by atoms with Crippen LogP contribution in [0.3, 0.4) is 0 Å². The standard InChI is InChI=1S/C17H28N4O/c1-6-21-12-16(15(3)18-21)11-20(10-9-19(4)5)13-17-8-7-14(2)22-17/h7-8,12H,6,9-11,13H2,1-5H3. The largest absolute Gasteiger partial charge is 0.465 e. The molecule has 0 saturated carbocycles. The Kier molecular flexibility index (Phi) is 5.80. The van der Waals surface area contributed by atoms with Crippen LogP contribution in [0.1, 0.15) is 29.7 Å². The summed E-state index contributed by atoms with van der Waals surface area (Å²) in [6, 6.07) is 4.10. The van der Waals surface area contributed by atoms with Crippen molar-refractivity contribution in [1.82, 2.24) is 19.6 Å². The zero-order chi connectivity index (χ0) is 16.1. The van der Waals surface area contributed by atoms with E-state index >= 15 is 0 Å². The van der Waals surface area contributed by atoms with Gasteiger partial charge in [0.1, 0.15) is 11.5 Å². The molecule has 0 N–H and O–H groups in total. The third-order valence-corrected chi connectivity index (χ3v) is 3.80. The van der Waals surface area contributed by atoms with E-state index in [9.17, 15) is 0 Å². The minimum absolute atomic E-state index is 0.832. The fourth-order valence-corrected chi connectivity index (χ4v) is 2.46. The molecule has 0 bridgehead atoms. The molecule has 2 heterocycles. The van der Waals surface area contributed by atoms with Gasteiger partial charge in [0.15, 0.2) is 0 Å². The Morgan fingerprint density at radius 1 is 1.14 bits per heavy atom. The SMILES string of the molecule is CCn1cc(CN(CCN(C)C)Cc2ccc(C)o2)c(C)n1. The van der Waals surface area contributed by atoms with E-state index in [0.29, 0.717) is 0 Å². The summed E-state index contributed by atoms with van der Waals surface area (Å²) in [5, 5.41) is 4.54. The lowest BCUT2D eigenvalue weighted by Gasteiger charge is -2.23. The van der Waals surface area contributed by atoms with Crippen LogP contribution in [0, 0.1) is 13.8 Å². The Balaban J connectivity index is 2.07. The van der Waals surface area contributed by atoms with Crippen LogP contribution in [-0.4, -0.2) is 46.8 Å². The van der Waals surface area contributed by atoms with Crippen LogP contribution in [0.4, 0.5) is 0 Å². The molecule has 0 saturated heterocycles. The molecule has 2 rings (SSSR count). The first-order valence-corrected chi connectivity index (χ1v) is 7.93. The molecule has 2 aromatic heterocycles. The average molecular weight is 304 g/mol. The van der Waals surface area contributed by atoms with Crippen molar-refractivity contribution in [3.8, 4) is 0 Å². The maximum absolute atomic E-state index is 5.74. The van der Waals surface area contributed by atoms with Crippen LogP contribution in [-0.2, 0) is 19.6 Å². The van der Waals surface area contributed by atoms with Crippen LogP contribution in [0.15, 0.2) is 22.7 Å². The first-order chi connectivity index (χ1) is 10.5. The first-order valence-electron chi connectivity index (χ1n) is 7.93. The van der Waals surface area contributed by atoms with E-state index in [-0.39, 0.29) is 0 Å². The molecule has 0 unspecified atom stereocenters. The smallest absolute Gasteiger partial charge is 0.118 e. The van der Waals surface area contributed by atoms with Gasteiger partial charge in [0, 0.05) is 37.9 Å². The number of likely N-dealkylation sites (N-methyl/N-ethyl adjacent to an activating group) is 1. The van der Waals surface area contributed by atoms with Crippen molar-refractivity contribution in [3.63, 3.8) is 0 Å². The summed E-state index contributed by atoms with van der Waals surface area (Å²) < 4.78 is 7.74. The number of hydrogen-bond acceptors (Lipinski definition) is 4. The number of hydrogen-bond donors (Lipinski definition) is 0. The Hall–Kier alpha value is -1.59. The molecule has 0 aliphatic heterocycles. The normalized spacial score (nSPS) is 11.8. The number of aryl methyl sites for hydroxylation is 3. The molecule has 5 nitrogen and oxygen atoms in total. The predicted octanol–water partition coefficient (Wildman–Crippen LogP) is 2.68. The second-order valence-corrected chi connectivity index (χ2v) is 6.12. The summed E-state index contributed by atoms with van der Waals surface area (Å²) in [5.74, 6) is 1.99. The second-order valence-electron chi connectivity index (χ2n) is 6.12. The zero-order valence-corrected chi connectivity index (χ0v) is 14.5. The molecule has 0 radical (unpaired) electrons. The van der Waals surface area contributed by atoms with Crippen molar-refractivity contribution < 1.29 is 4.42 Å². The van der Waals surface area contributed by atoms with Crippen molar-refractivity contribution >= 4 is 0 Å². The van der Waals surface area contributed by atoms with E-state index in [1.165, 1.54) is 5.56 Å². The van der Waals surface area contributed by atoms with Gasteiger partial charge >= 0.3 is 0 Å². The van der Waals surface area contributed by atoms with Crippen LogP contribution in [0.25, 0.3) is 0 Å². The number of rotatable bonds is 8. The van der Waals surface area contributed by atoms with E-state index in [1.54, 1.807) is 0 Å². The van der Waals surface area contributed by atoms with Gasteiger partial charge in [0.2, 0.25) is 0 Å². The molecule has 2 aromatic rings. The molecule has 0 aromatic carbocycles. The van der Waals surface area contributed by atoms with Crippen molar-refractivity contribution in [2.24, 2.45) is 0 Å². The molecule has 122 valence electrons. The maximum atomic E-state index is 5.74. The monoisotopic (exact) mass is 304 g/mol. The van der Waals surface area contributed by atoms with E-state index in [0.717, 1.165) is 49.9 Å². The third kappa shape index (κ3) is 4.71. The molecule has 0 fully saturated rings. The summed E-state index contributed by atoms with van der Waals surface area (Å²) in [7, 11) is 4.21. The average Bonchev–Trinajstić information content (AvgIpc) is 3.02. The fraction of sp³-hybridized carbons (Fsp3) is 0.588. The van der Waals surface area contributed by atoms with Gasteiger partial charge in [-0.15, -0.1) is 0 Å². The summed E-state index contributed by atoms with van der Waals surface area (Å²) in [4.78, 5) is 4.63. The van der Waals surface area contributed by atoms with Crippen molar-refractivity contribution in [1.29, 1.82) is 0 Å². The molecule has 22 heavy (non-hydrogen) atoms. The molecule has 0 aliphatic rings. The van der Waals surface area contributed by atoms with Gasteiger partial charge in [-0.25, -0.2) is 0 Å². The highest BCUT2D eigenvalue weighted by Gasteiger charge is 2.13. The topological polar surface area (TPSA) is 37.4 Å². The second kappa shape index (κ2) is 7.61. The molecule has 0 atom stereocenters. The Morgan fingerprint density at radius 3 is 2.45 bits per heavy atom. The highest BCUT2D eigenvalue weighted by Crippen LogP contribution is 2.14. The minimum Gasteiger partial charge on any atom is -0.465 e. The van der Waals surface area contributed by atoms with Crippen LogP contribution < -0.4 is 0 Å². The fourth-order valence-electron chi connectivity index (χ4n) is 2.46. The molecule has 0 spiro atoms. The Labute approximate surface area is 133 Å². The van der Waals surface area contributed by atoms with Crippen LogP contribution in [0.2, 0.25) is 0 Å². The minimum atomic E-state index is 0.832. The van der Waals surface area contributed by atoms with E-state index in [2.05, 4.69) is 55.1 Å². The summed E-state index contributed by atoms with van der Waals surface area (Å²) >= 11 is 0. The molecule has 0 aliphatic carbocycles. The zero-order valence-electron chi connectivity index (χ0n) is 14.5. The van der Waals surface area contributed by atoms with Gasteiger partial charge in [-0.3, -0.25) is 9.58 Å². The number of nitrogens with zero attached hydrogens (tertiary/aromatic N) is 4. The van der Waals surface area contributed by atoms with Gasteiger partial charge in [-0.05, 0) is 47.0 Å². The lowest BCUT2D eigenvalue weighted by molar-refractivity contribution is 0.209. The third-order valence-electron chi connectivity index (χ3n) is 3.80. The van der Waals surface area contributed by atoms with Crippen LogP contribution >= 0.6 is 0 Å². The lowest BCUT2D eigenvalue weighted by Crippen LogP contribution is -2.31. The maximum Gasteiger partial charge on any atom is 0.118 e. The van der Waals surface area contributed by atoms with Gasteiger partial charge < -0.3 is 9.32 Å².